The molecule has 0 amide bonds. The Morgan fingerprint density at radius 2 is 2.30 bits per heavy atom. The van der Waals surface area contributed by atoms with Crippen molar-refractivity contribution < 1.29 is 0 Å². The second-order valence-electron chi connectivity index (χ2n) is 5.06. The Morgan fingerprint density at radius 1 is 1.40 bits per heavy atom. The molecule has 1 aliphatic rings. The quantitative estimate of drug-likeness (QED) is 0.862. The predicted molar refractivity (Wildman–Crippen MR) is 77.3 cm³/mol. The molecule has 2 aromatic rings. The van der Waals surface area contributed by atoms with Crippen LogP contribution in [0, 0.1) is 0 Å². The summed E-state index contributed by atoms with van der Waals surface area (Å²) in [5.41, 5.74) is 0.00140. The summed E-state index contributed by atoms with van der Waals surface area (Å²) in [5.74, 6) is 0.242. The number of H-pyrrole nitrogens is 2. The van der Waals surface area contributed by atoms with Gasteiger partial charge in [-0.2, -0.15) is 0 Å². The van der Waals surface area contributed by atoms with Gasteiger partial charge in [-0.3, -0.25) is 9.78 Å². The lowest BCUT2D eigenvalue weighted by molar-refractivity contribution is 0.339. The zero-order valence-electron chi connectivity index (χ0n) is 11.0. The number of aromatic nitrogens is 3. The van der Waals surface area contributed by atoms with Gasteiger partial charge in [0.05, 0.1) is 0 Å². The van der Waals surface area contributed by atoms with Crippen molar-refractivity contribution in [2.24, 2.45) is 0 Å². The molecule has 2 N–H and O–H groups in total. The fourth-order valence-electron chi connectivity index (χ4n) is 2.64. The molecule has 0 saturated carbocycles. The van der Waals surface area contributed by atoms with Crippen LogP contribution in [-0.2, 0) is 6.42 Å². The van der Waals surface area contributed by atoms with Crippen LogP contribution in [0.25, 0.3) is 0 Å². The molecule has 0 spiro atoms. The predicted octanol–water partition coefficient (Wildman–Crippen LogP) is 0.552. The van der Waals surface area contributed by atoms with Crippen molar-refractivity contribution in [1.29, 1.82) is 0 Å². The van der Waals surface area contributed by atoms with Crippen LogP contribution in [0.3, 0.4) is 0 Å². The number of likely N-dealkylation sites (tertiary alicyclic amines) is 1. The van der Waals surface area contributed by atoms with E-state index in [-0.39, 0.29) is 11.5 Å². The van der Waals surface area contributed by atoms with E-state index in [1.165, 1.54) is 22.5 Å². The summed E-state index contributed by atoms with van der Waals surface area (Å²) in [4.78, 5) is 31.2. The number of hydrogen-bond acceptors (Lipinski definition) is 5. The molecule has 1 saturated heterocycles. The van der Waals surface area contributed by atoms with Gasteiger partial charge in [0.15, 0.2) is 0 Å². The first kappa shape index (κ1) is 13.3. The van der Waals surface area contributed by atoms with E-state index in [2.05, 4.69) is 19.2 Å². The maximum absolute atomic E-state index is 11.3. The molecule has 3 heterocycles. The van der Waals surface area contributed by atoms with Gasteiger partial charge in [0, 0.05) is 41.8 Å². The molecule has 1 unspecified atom stereocenters. The van der Waals surface area contributed by atoms with Crippen LogP contribution < -0.4 is 11.2 Å². The Labute approximate surface area is 119 Å². The van der Waals surface area contributed by atoms with Gasteiger partial charge >= 0.3 is 5.69 Å². The van der Waals surface area contributed by atoms with Crippen molar-refractivity contribution in [2.45, 2.75) is 18.8 Å². The van der Waals surface area contributed by atoms with Gasteiger partial charge in [0.25, 0.3) is 5.56 Å². The molecule has 1 fully saturated rings. The molecule has 1 atom stereocenters. The molecule has 6 nitrogen and oxygen atoms in total. The summed E-state index contributed by atoms with van der Waals surface area (Å²) in [7, 11) is 0. The first-order valence-corrected chi connectivity index (χ1v) is 7.43. The lowest BCUT2D eigenvalue weighted by atomic mass is 10.1. The SMILES string of the molecule is O=c1cc(C2CCN(CCc3ccns3)C2)[nH]c(=O)[nH]1. The van der Waals surface area contributed by atoms with Gasteiger partial charge in [0.1, 0.15) is 0 Å². The third-order valence-corrected chi connectivity index (χ3v) is 4.46. The smallest absolute Gasteiger partial charge is 0.311 e. The first-order valence-electron chi connectivity index (χ1n) is 6.66. The van der Waals surface area contributed by atoms with E-state index < -0.39 is 5.69 Å². The third kappa shape index (κ3) is 3.05. The molecule has 0 aromatic carbocycles. The highest BCUT2D eigenvalue weighted by molar-refractivity contribution is 7.05. The van der Waals surface area contributed by atoms with Crippen LogP contribution in [0.5, 0.6) is 0 Å². The highest BCUT2D eigenvalue weighted by atomic mass is 32.1. The highest BCUT2D eigenvalue weighted by Gasteiger charge is 2.24. The number of nitrogens with one attached hydrogen (secondary N) is 2. The Bertz CT molecular complexity index is 648. The van der Waals surface area contributed by atoms with Crippen molar-refractivity contribution in [3.05, 3.63) is 49.7 Å². The molecule has 0 aliphatic carbocycles. The number of hydrogen-bond donors (Lipinski definition) is 2. The molecule has 0 bridgehead atoms. The zero-order valence-corrected chi connectivity index (χ0v) is 11.8. The van der Waals surface area contributed by atoms with Crippen LogP contribution in [0.4, 0.5) is 0 Å². The fourth-order valence-corrected chi connectivity index (χ4v) is 3.20. The van der Waals surface area contributed by atoms with Gasteiger partial charge < -0.3 is 9.88 Å². The number of aromatic amines is 2. The lowest BCUT2D eigenvalue weighted by Gasteiger charge is -2.15. The summed E-state index contributed by atoms with van der Waals surface area (Å²) in [6, 6.07) is 3.55. The first-order chi connectivity index (χ1) is 9.70. The van der Waals surface area contributed by atoms with Crippen molar-refractivity contribution in [1.82, 2.24) is 19.2 Å². The van der Waals surface area contributed by atoms with E-state index >= 15 is 0 Å². The Morgan fingerprint density at radius 3 is 3.05 bits per heavy atom. The normalized spacial score (nSPS) is 19.5. The largest absolute Gasteiger partial charge is 0.325 e. The second-order valence-corrected chi connectivity index (χ2v) is 5.98. The topological polar surface area (TPSA) is 81.8 Å². The van der Waals surface area contributed by atoms with Crippen LogP contribution >= 0.6 is 11.5 Å². The van der Waals surface area contributed by atoms with E-state index in [0.717, 1.165) is 38.2 Å². The maximum atomic E-state index is 11.3. The standard InChI is InChI=1S/C13H16N4O2S/c18-12-7-11(15-13(19)16-12)9-2-5-17(8-9)6-3-10-1-4-14-20-10/h1,4,7,9H,2-3,5-6,8H2,(H2,15,16,18,19). The molecule has 3 rings (SSSR count). The van der Waals surface area contributed by atoms with E-state index in [4.69, 9.17) is 0 Å². The fraction of sp³-hybridized carbons (Fsp3) is 0.462. The summed E-state index contributed by atoms with van der Waals surface area (Å²) in [6.45, 7) is 2.88. The van der Waals surface area contributed by atoms with Crippen LogP contribution in [0.1, 0.15) is 22.9 Å². The minimum atomic E-state index is -0.421. The van der Waals surface area contributed by atoms with Gasteiger partial charge in [-0.15, -0.1) is 0 Å². The zero-order chi connectivity index (χ0) is 13.9. The van der Waals surface area contributed by atoms with E-state index in [0.29, 0.717) is 0 Å². The Kier molecular flexibility index (Phi) is 3.79. The van der Waals surface area contributed by atoms with Crippen LogP contribution in [0.15, 0.2) is 27.9 Å². The molecular weight excluding hydrogens is 276 g/mol. The van der Waals surface area contributed by atoms with Crippen LogP contribution in [-0.4, -0.2) is 38.9 Å². The Hall–Kier alpha value is -1.73. The molecule has 0 radical (unpaired) electrons. The minimum absolute atomic E-state index is 0.242. The monoisotopic (exact) mass is 292 g/mol. The van der Waals surface area contributed by atoms with E-state index in [1.54, 1.807) is 0 Å². The Balaban J connectivity index is 1.61. The molecule has 2 aromatic heterocycles. The third-order valence-electron chi connectivity index (χ3n) is 3.66. The molecular formula is C13H16N4O2S. The van der Waals surface area contributed by atoms with Gasteiger partial charge in [0.2, 0.25) is 0 Å². The molecule has 20 heavy (non-hydrogen) atoms. The summed E-state index contributed by atoms with van der Waals surface area (Å²) in [5, 5.41) is 0. The number of rotatable bonds is 4. The molecule has 1 aliphatic heterocycles. The van der Waals surface area contributed by atoms with Crippen molar-refractivity contribution in [2.75, 3.05) is 19.6 Å². The van der Waals surface area contributed by atoms with Crippen molar-refractivity contribution in [3.63, 3.8) is 0 Å². The lowest BCUT2D eigenvalue weighted by Crippen LogP contribution is -2.26. The summed E-state index contributed by atoms with van der Waals surface area (Å²) >= 11 is 1.54. The van der Waals surface area contributed by atoms with Gasteiger partial charge in [-0.1, -0.05) is 0 Å². The van der Waals surface area contributed by atoms with E-state index in [1.807, 2.05) is 12.3 Å². The molecule has 7 heteroatoms. The van der Waals surface area contributed by atoms with E-state index in [9.17, 15) is 9.59 Å². The van der Waals surface area contributed by atoms with Crippen molar-refractivity contribution >= 4 is 11.5 Å². The second kappa shape index (κ2) is 5.72. The van der Waals surface area contributed by atoms with Gasteiger partial charge in [-0.25, -0.2) is 9.17 Å². The summed E-state index contributed by atoms with van der Waals surface area (Å²) in [6.07, 6.45) is 3.80. The minimum Gasteiger partial charge on any atom is -0.311 e. The van der Waals surface area contributed by atoms with Crippen molar-refractivity contribution in [3.8, 4) is 0 Å². The molecule has 106 valence electrons. The maximum Gasteiger partial charge on any atom is 0.325 e. The number of nitrogens with zero attached hydrogens (tertiary/aromatic N) is 2. The van der Waals surface area contributed by atoms with Gasteiger partial charge in [-0.05, 0) is 37.0 Å². The highest BCUT2D eigenvalue weighted by Crippen LogP contribution is 2.24. The average molecular weight is 292 g/mol. The average Bonchev–Trinajstić information content (AvgIpc) is 3.07. The van der Waals surface area contributed by atoms with Crippen LogP contribution in [0.2, 0.25) is 0 Å². The summed E-state index contributed by atoms with van der Waals surface area (Å²) < 4.78 is 4.09.